The van der Waals surface area contributed by atoms with Gasteiger partial charge in [-0.05, 0) is 30.4 Å². The molecule has 0 aliphatic heterocycles. The minimum atomic E-state index is 0.300. The third-order valence-electron chi connectivity index (χ3n) is 3.52. The number of nitrogen functional groups attached to an aromatic ring is 1. The number of hydrogen-bond donors (Lipinski definition) is 2. The summed E-state index contributed by atoms with van der Waals surface area (Å²) in [4.78, 5) is 8.02. The molecule has 0 fully saturated rings. The highest BCUT2D eigenvalue weighted by atomic mass is 35.5. The van der Waals surface area contributed by atoms with Crippen LogP contribution < -0.4 is 11.1 Å². The van der Waals surface area contributed by atoms with E-state index in [4.69, 9.17) is 17.3 Å². The Morgan fingerprint density at radius 2 is 2.00 bits per heavy atom. The second kappa shape index (κ2) is 5.05. The maximum Gasteiger partial charge on any atom is 0.157 e. The van der Waals surface area contributed by atoms with Crippen molar-refractivity contribution >= 4 is 23.1 Å². The van der Waals surface area contributed by atoms with Gasteiger partial charge in [0.1, 0.15) is 12.0 Å². The van der Waals surface area contributed by atoms with E-state index < -0.39 is 0 Å². The summed E-state index contributed by atoms with van der Waals surface area (Å²) < 4.78 is 0. The van der Waals surface area contributed by atoms with Crippen LogP contribution in [0.5, 0.6) is 0 Å². The maximum atomic E-state index is 5.90. The number of aryl methyl sites for hydroxylation is 1. The van der Waals surface area contributed by atoms with Gasteiger partial charge in [-0.2, -0.15) is 0 Å². The smallest absolute Gasteiger partial charge is 0.157 e. The van der Waals surface area contributed by atoms with Gasteiger partial charge in [0.15, 0.2) is 11.0 Å². The van der Waals surface area contributed by atoms with E-state index in [2.05, 4.69) is 39.6 Å². The Balaban J connectivity index is 1.77. The van der Waals surface area contributed by atoms with E-state index in [1.54, 1.807) is 0 Å². The van der Waals surface area contributed by atoms with E-state index in [1.165, 1.54) is 17.5 Å². The van der Waals surface area contributed by atoms with Crippen LogP contribution >= 0.6 is 11.6 Å². The Morgan fingerprint density at radius 3 is 2.84 bits per heavy atom. The minimum absolute atomic E-state index is 0.300. The predicted molar refractivity (Wildman–Crippen MR) is 77.3 cm³/mol. The van der Waals surface area contributed by atoms with Gasteiger partial charge in [0.05, 0.1) is 0 Å². The highest BCUT2D eigenvalue weighted by Gasteiger charge is 2.19. The number of nitrogens with one attached hydrogen (secondary N) is 1. The number of nitrogens with two attached hydrogens (primary N) is 1. The molecule has 1 aromatic carbocycles. The molecule has 0 radical (unpaired) electrons. The first-order chi connectivity index (χ1) is 9.24. The Hall–Kier alpha value is -1.81. The predicted octanol–water partition coefficient (Wildman–Crippen LogP) is 2.68. The fourth-order valence-corrected chi connectivity index (χ4v) is 2.64. The molecule has 3 rings (SSSR count). The fourth-order valence-electron chi connectivity index (χ4n) is 2.50. The maximum absolute atomic E-state index is 5.90. The number of aromatic nitrogens is 2. The molecular formula is C14H15ClN4. The molecule has 1 aromatic heterocycles. The van der Waals surface area contributed by atoms with E-state index >= 15 is 0 Å². The zero-order chi connectivity index (χ0) is 13.2. The number of rotatable bonds is 2. The average molecular weight is 275 g/mol. The van der Waals surface area contributed by atoms with Crippen molar-refractivity contribution in [3.05, 3.63) is 46.9 Å². The first-order valence-electron chi connectivity index (χ1n) is 6.33. The quantitative estimate of drug-likeness (QED) is 0.827. The second-order valence-electron chi connectivity index (χ2n) is 4.78. The van der Waals surface area contributed by atoms with Gasteiger partial charge in [-0.25, -0.2) is 9.97 Å². The van der Waals surface area contributed by atoms with Crippen LogP contribution in [0.1, 0.15) is 17.5 Å². The molecule has 1 heterocycles. The number of fused-ring (bicyclic) bond motifs is 1. The number of hydrogen-bond acceptors (Lipinski definition) is 4. The van der Waals surface area contributed by atoms with Crippen LogP contribution in [0.25, 0.3) is 0 Å². The van der Waals surface area contributed by atoms with Crippen molar-refractivity contribution in [2.45, 2.75) is 25.3 Å². The van der Waals surface area contributed by atoms with Crippen LogP contribution in [0, 0.1) is 0 Å². The molecule has 0 spiro atoms. The summed E-state index contributed by atoms with van der Waals surface area (Å²) in [5, 5.41) is 3.67. The molecule has 1 aliphatic carbocycles. The van der Waals surface area contributed by atoms with E-state index in [-0.39, 0.29) is 0 Å². The van der Waals surface area contributed by atoms with Gasteiger partial charge < -0.3 is 11.1 Å². The van der Waals surface area contributed by atoms with Crippen molar-refractivity contribution in [1.29, 1.82) is 0 Å². The molecule has 2 aromatic rings. The molecule has 1 atom stereocenters. The van der Waals surface area contributed by atoms with E-state index in [1.807, 2.05) is 0 Å². The molecule has 5 heteroatoms. The van der Waals surface area contributed by atoms with Gasteiger partial charge in [0, 0.05) is 6.04 Å². The molecule has 0 bridgehead atoms. The molecule has 0 amide bonds. The summed E-state index contributed by atoms with van der Waals surface area (Å²) in [6.07, 6.45) is 4.56. The molecule has 19 heavy (non-hydrogen) atoms. The highest BCUT2D eigenvalue weighted by molar-refractivity contribution is 6.32. The lowest BCUT2D eigenvalue weighted by Gasteiger charge is -2.26. The topological polar surface area (TPSA) is 63.8 Å². The molecule has 0 saturated heterocycles. The fraction of sp³-hybridized carbons (Fsp3) is 0.286. The number of anilines is 2. The number of benzene rings is 1. The van der Waals surface area contributed by atoms with Crippen LogP contribution in [0.3, 0.4) is 0 Å². The lowest BCUT2D eigenvalue weighted by atomic mass is 9.88. The molecule has 98 valence electrons. The molecule has 0 saturated carbocycles. The SMILES string of the molecule is Nc1c(Cl)ncnc1NC1CCc2ccccc2C1. The summed E-state index contributed by atoms with van der Waals surface area (Å²) in [6.45, 7) is 0. The van der Waals surface area contributed by atoms with E-state index in [9.17, 15) is 0 Å². The van der Waals surface area contributed by atoms with Gasteiger partial charge in [0.25, 0.3) is 0 Å². The second-order valence-corrected chi connectivity index (χ2v) is 5.14. The van der Waals surface area contributed by atoms with E-state index in [0.717, 1.165) is 19.3 Å². The normalized spacial score (nSPS) is 17.8. The Labute approximate surface area is 117 Å². The summed E-state index contributed by atoms with van der Waals surface area (Å²) >= 11 is 5.90. The summed E-state index contributed by atoms with van der Waals surface area (Å²) in [5.74, 6) is 0.629. The van der Waals surface area contributed by atoms with E-state index in [0.29, 0.717) is 22.7 Å². The van der Waals surface area contributed by atoms with Crippen molar-refractivity contribution < 1.29 is 0 Å². The minimum Gasteiger partial charge on any atom is -0.393 e. The first kappa shape index (κ1) is 12.2. The highest BCUT2D eigenvalue weighted by Crippen LogP contribution is 2.27. The van der Waals surface area contributed by atoms with Gasteiger partial charge in [-0.3, -0.25) is 0 Å². The third-order valence-corrected chi connectivity index (χ3v) is 3.82. The molecule has 1 aliphatic rings. The zero-order valence-corrected chi connectivity index (χ0v) is 11.2. The number of halogens is 1. The summed E-state index contributed by atoms with van der Waals surface area (Å²) in [6, 6.07) is 8.88. The summed E-state index contributed by atoms with van der Waals surface area (Å²) in [5.41, 5.74) is 9.13. The summed E-state index contributed by atoms with van der Waals surface area (Å²) in [7, 11) is 0. The Kier molecular flexibility index (Phi) is 3.25. The van der Waals surface area contributed by atoms with Crippen molar-refractivity contribution in [3.63, 3.8) is 0 Å². The van der Waals surface area contributed by atoms with Crippen molar-refractivity contribution in [2.24, 2.45) is 0 Å². The van der Waals surface area contributed by atoms with Crippen LogP contribution in [0.4, 0.5) is 11.5 Å². The van der Waals surface area contributed by atoms with Gasteiger partial charge in [0.2, 0.25) is 0 Å². The van der Waals surface area contributed by atoms with Crippen molar-refractivity contribution in [1.82, 2.24) is 9.97 Å². The van der Waals surface area contributed by atoms with Crippen LogP contribution in [0.15, 0.2) is 30.6 Å². The van der Waals surface area contributed by atoms with Crippen LogP contribution in [-0.2, 0) is 12.8 Å². The number of nitrogens with zero attached hydrogens (tertiary/aromatic N) is 2. The molecule has 3 N–H and O–H groups in total. The van der Waals surface area contributed by atoms with Crippen LogP contribution in [-0.4, -0.2) is 16.0 Å². The first-order valence-corrected chi connectivity index (χ1v) is 6.71. The Morgan fingerprint density at radius 1 is 1.21 bits per heavy atom. The monoisotopic (exact) mass is 274 g/mol. The zero-order valence-electron chi connectivity index (χ0n) is 10.4. The average Bonchev–Trinajstić information content (AvgIpc) is 2.44. The third kappa shape index (κ3) is 2.49. The standard InChI is InChI=1S/C14H15ClN4/c15-13-12(16)14(18-8-17-13)19-11-6-5-9-3-1-2-4-10(9)7-11/h1-4,8,11H,5-7,16H2,(H,17,18,19). The van der Waals surface area contributed by atoms with Gasteiger partial charge in [-0.1, -0.05) is 35.9 Å². The van der Waals surface area contributed by atoms with Crippen molar-refractivity contribution in [2.75, 3.05) is 11.1 Å². The van der Waals surface area contributed by atoms with Gasteiger partial charge in [-0.15, -0.1) is 0 Å². The molecular weight excluding hydrogens is 260 g/mol. The van der Waals surface area contributed by atoms with Crippen LogP contribution in [0.2, 0.25) is 5.15 Å². The van der Waals surface area contributed by atoms with Crippen molar-refractivity contribution in [3.8, 4) is 0 Å². The lowest BCUT2D eigenvalue weighted by molar-refractivity contribution is 0.609. The Bertz CT molecular complexity index is 600. The molecule has 4 nitrogen and oxygen atoms in total. The largest absolute Gasteiger partial charge is 0.393 e. The van der Waals surface area contributed by atoms with Gasteiger partial charge >= 0.3 is 0 Å². The molecule has 1 unspecified atom stereocenters. The lowest BCUT2D eigenvalue weighted by Crippen LogP contribution is -2.28.